The monoisotopic (exact) mass is 268 g/mol. The Morgan fingerprint density at radius 3 is 2.78 bits per heavy atom. The van der Waals surface area contributed by atoms with E-state index in [-0.39, 0.29) is 11.7 Å². The lowest BCUT2D eigenvalue weighted by Gasteiger charge is -2.24. The Bertz CT molecular complexity index is 427. The van der Waals surface area contributed by atoms with E-state index in [1.165, 1.54) is 0 Å². The lowest BCUT2D eigenvalue weighted by Crippen LogP contribution is -2.26. The minimum Gasteiger partial charge on any atom is -0.489 e. The predicted molar refractivity (Wildman–Crippen MR) is 69.7 cm³/mol. The molecule has 1 aromatic carbocycles. The molecule has 0 unspecified atom stereocenters. The highest BCUT2D eigenvalue weighted by atomic mass is 32.2. The number of carbonyl (C=O) groups is 1. The summed E-state index contributed by atoms with van der Waals surface area (Å²) in [5.74, 6) is -0.270. The van der Waals surface area contributed by atoms with Crippen LogP contribution in [0.2, 0.25) is 0 Å². The summed E-state index contributed by atoms with van der Waals surface area (Å²) in [6.45, 7) is 1.41. The molecule has 0 radical (unpaired) electrons. The average molecular weight is 268 g/mol. The van der Waals surface area contributed by atoms with E-state index in [1.807, 2.05) is 6.26 Å². The second-order valence-corrected chi connectivity index (χ2v) is 4.95. The summed E-state index contributed by atoms with van der Waals surface area (Å²) in [6, 6.07) is 5.00. The van der Waals surface area contributed by atoms with Crippen molar-refractivity contribution < 1.29 is 19.4 Å². The van der Waals surface area contributed by atoms with Crippen molar-refractivity contribution in [2.24, 2.45) is 0 Å². The molecule has 2 rings (SSSR count). The molecule has 0 saturated carbocycles. The molecular formula is C13H16O4S. The Balaban J connectivity index is 2.17. The number of thioether (sulfide) groups is 1. The SMILES string of the molecule is CSc1ccc(C(=O)O)cc1OC1CCOCC1. The molecule has 1 heterocycles. The van der Waals surface area contributed by atoms with Gasteiger partial charge in [-0.2, -0.15) is 0 Å². The first-order valence-electron chi connectivity index (χ1n) is 5.86. The largest absolute Gasteiger partial charge is 0.489 e. The van der Waals surface area contributed by atoms with Crippen LogP contribution in [-0.2, 0) is 4.74 Å². The molecule has 1 aliphatic heterocycles. The molecule has 0 amide bonds. The minimum atomic E-state index is -0.931. The number of rotatable bonds is 4. The van der Waals surface area contributed by atoms with Gasteiger partial charge in [0, 0.05) is 17.7 Å². The predicted octanol–water partition coefficient (Wildman–Crippen LogP) is 2.66. The van der Waals surface area contributed by atoms with Crippen molar-refractivity contribution in [3.63, 3.8) is 0 Å². The zero-order valence-corrected chi connectivity index (χ0v) is 11.0. The van der Waals surface area contributed by atoms with Crippen LogP contribution in [0.25, 0.3) is 0 Å². The standard InChI is InChI=1S/C13H16O4S/c1-18-12-3-2-9(13(14)15)8-11(12)17-10-4-6-16-7-5-10/h2-3,8,10H,4-7H2,1H3,(H,14,15). The van der Waals surface area contributed by atoms with Crippen molar-refractivity contribution in [1.82, 2.24) is 0 Å². The molecule has 1 N–H and O–H groups in total. The van der Waals surface area contributed by atoms with Gasteiger partial charge < -0.3 is 14.6 Å². The van der Waals surface area contributed by atoms with E-state index in [4.69, 9.17) is 14.6 Å². The van der Waals surface area contributed by atoms with Gasteiger partial charge in [0.2, 0.25) is 0 Å². The Hall–Kier alpha value is -1.20. The molecule has 0 atom stereocenters. The number of hydrogen-bond acceptors (Lipinski definition) is 4. The van der Waals surface area contributed by atoms with Gasteiger partial charge >= 0.3 is 5.97 Å². The highest BCUT2D eigenvalue weighted by Gasteiger charge is 2.17. The van der Waals surface area contributed by atoms with Crippen LogP contribution in [0.15, 0.2) is 23.1 Å². The van der Waals surface area contributed by atoms with Crippen LogP contribution in [0.4, 0.5) is 0 Å². The summed E-state index contributed by atoms with van der Waals surface area (Å²) in [7, 11) is 0. The maximum absolute atomic E-state index is 11.0. The van der Waals surface area contributed by atoms with Gasteiger partial charge in [0.15, 0.2) is 0 Å². The van der Waals surface area contributed by atoms with Crippen molar-refractivity contribution in [3.8, 4) is 5.75 Å². The molecule has 0 aliphatic carbocycles. The zero-order valence-electron chi connectivity index (χ0n) is 10.2. The number of aromatic carboxylic acids is 1. The topological polar surface area (TPSA) is 55.8 Å². The summed E-state index contributed by atoms with van der Waals surface area (Å²) < 4.78 is 11.2. The van der Waals surface area contributed by atoms with Gasteiger partial charge in [0.25, 0.3) is 0 Å². The van der Waals surface area contributed by atoms with Gasteiger partial charge in [-0.15, -0.1) is 11.8 Å². The van der Waals surface area contributed by atoms with Crippen LogP contribution in [-0.4, -0.2) is 36.6 Å². The molecular weight excluding hydrogens is 252 g/mol. The van der Waals surface area contributed by atoms with Crippen molar-refractivity contribution in [3.05, 3.63) is 23.8 Å². The van der Waals surface area contributed by atoms with Gasteiger partial charge in [0.1, 0.15) is 11.9 Å². The second-order valence-electron chi connectivity index (χ2n) is 4.10. The second kappa shape index (κ2) is 6.11. The zero-order chi connectivity index (χ0) is 13.0. The van der Waals surface area contributed by atoms with Crippen LogP contribution in [0, 0.1) is 0 Å². The summed E-state index contributed by atoms with van der Waals surface area (Å²) in [5, 5.41) is 9.00. The highest BCUT2D eigenvalue weighted by Crippen LogP contribution is 2.30. The number of carboxylic acids is 1. The molecule has 98 valence electrons. The molecule has 5 heteroatoms. The van der Waals surface area contributed by atoms with Crippen LogP contribution >= 0.6 is 11.8 Å². The van der Waals surface area contributed by atoms with E-state index in [2.05, 4.69) is 0 Å². The first-order chi connectivity index (χ1) is 8.70. The third-order valence-corrected chi connectivity index (χ3v) is 3.65. The van der Waals surface area contributed by atoms with Crippen molar-refractivity contribution >= 4 is 17.7 Å². The van der Waals surface area contributed by atoms with E-state index < -0.39 is 5.97 Å². The van der Waals surface area contributed by atoms with Crippen LogP contribution in [0.5, 0.6) is 5.75 Å². The molecule has 1 saturated heterocycles. The minimum absolute atomic E-state index is 0.119. The van der Waals surface area contributed by atoms with E-state index in [0.717, 1.165) is 17.7 Å². The molecule has 1 fully saturated rings. The molecule has 0 bridgehead atoms. The molecule has 4 nitrogen and oxygen atoms in total. The number of hydrogen-bond donors (Lipinski definition) is 1. The molecule has 1 aliphatic rings. The van der Waals surface area contributed by atoms with E-state index in [1.54, 1.807) is 30.0 Å². The van der Waals surface area contributed by atoms with E-state index in [9.17, 15) is 4.79 Å². The Labute approximate surface area is 110 Å². The Kier molecular flexibility index (Phi) is 4.49. The summed E-state index contributed by atoms with van der Waals surface area (Å²) in [5.41, 5.74) is 0.259. The lowest BCUT2D eigenvalue weighted by atomic mass is 10.1. The maximum atomic E-state index is 11.0. The average Bonchev–Trinajstić information content (AvgIpc) is 2.39. The number of benzene rings is 1. The fraction of sp³-hybridized carbons (Fsp3) is 0.462. The lowest BCUT2D eigenvalue weighted by molar-refractivity contribution is 0.0243. The van der Waals surface area contributed by atoms with Gasteiger partial charge in [-0.1, -0.05) is 0 Å². The van der Waals surface area contributed by atoms with Crippen LogP contribution in [0.3, 0.4) is 0 Å². The third kappa shape index (κ3) is 3.17. The normalized spacial score (nSPS) is 16.5. The molecule has 1 aromatic rings. The van der Waals surface area contributed by atoms with Gasteiger partial charge in [-0.3, -0.25) is 0 Å². The quantitative estimate of drug-likeness (QED) is 0.851. The number of carboxylic acid groups (broad SMARTS) is 1. The van der Waals surface area contributed by atoms with E-state index in [0.29, 0.717) is 19.0 Å². The van der Waals surface area contributed by atoms with Crippen molar-refractivity contribution in [1.29, 1.82) is 0 Å². The third-order valence-electron chi connectivity index (χ3n) is 2.87. The Morgan fingerprint density at radius 2 is 2.17 bits per heavy atom. The first-order valence-corrected chi connectivity index (χ1v) is 7.09. The summed E-state index contributed by atoms with van der Waals surface area (Å²) in [6.07, 6.45) is 3.77. The molecule has 0 aromatic heterocycles. The highest BCUT2D eigenvalue weighted by molar-refractivity contribution is 7.98. The molecule has 18 heavy (non-hydrogen) atoms. The fourth-order valence-corrected chi connectivity index (χ4v) is 2.39. The van der Waals surface area contributed by atoms with Crippen LogP contribution < -0.4 is 4.74 Å². The van der Waals surface area contributed by atoms with Crippen molar-refractivity contribution in [2.75, 3.05) is 19.5 Å². The molecule has 0 spiro atoms. The summed E-state index contributed by atoms with van der Waals surface area (Å²) in [4.78, 5) is 11.9. The van der Waals surface area contributed by atoms with Crippen molar-refractivity contribution in [2.45, 2.75) is 23.8 Å². The van der Waals surface area contributed by atoms with Gasteiger partial charge in [0.05, 0.1) is 18.8 Å². The first kappa shape index (κ1) is 13.2. The van der Waals surface area contributed by atoms with Gasteiger partial charge in [-0.05, 0) is 24.5 Å². The number of ether oxygens (including phenoxy) is 2. The fourth-order valence-electron chi connectivity index (χ4n) is 1.88. The smallest absolute Gasteiger partial charge is 0.335 e. The maximum Gasteiger partial charge on any atom is 0.335 e. The van der Waals surface area contributed by atoms with Gasteiger partial charge in [-0.25, -0.2) is 4.79 Å². The summed E-state index contributed by atoms with van der Waals surface area (Å²) >= 11 is 1.56. The van der Waals surface area contributed by atoms with E-state index >= 15 is 0 Å². The Morgan fingerprint density at radius 1 is 1.44 bits per heavy atom. The van der Waals surface area contributed by atoms with Crippen LogP contribution in [0.1, 0.15) is 23.2 Å².